The Kier molecular flexibility index (Phi) is 1.68. The fourth-order valence-electron chi connectivity index (χ4n) is 0.563. The summed E-state index contributed by atoms with van der Waals surface area (Å²) in [4.78, 5) is 20.5. The minimum atomic E-state index is -3.04. The standard InChI is InChI=1S/C6H10O5/c1-6(11,2-4(7)8)3-5(9)10/h11H,2-3H2,1H3,(H,7,8)(H,9,10)/i1D3. The Morgan fingerprint density at radius 3 is 1.91 bits per heavy atom. The minimum Gasteiger partial charge on any atom is -0.481 e. The zero-order valence-corrected chi connectivity index (χ0v) is 5.57. The summed E-state index contributed by atoms with van der Waals surface area (Å²) >= 11 is 0. The lowest BCUT2D eigenvalue weighted by Crippen LogP contribution is -2.30. The number of carbonyl (C=O) groups is 2. The van der Waals surface area contributed by atoms with E-state index in [1.54, 1.807) is 0 Å². The predicted octanol–water partition coefficient (Wildman–Crippen LogP) is -0.313. The molecule has 0 spiro atoms. The highest BCUT2D eigenvalue weighted by atomic mass is 16.4. The lowest BCUT2D eigenvalue weighted by molar-refractivity contribution is -0.147. The van der Waals surface area contributed by atoms with Gasteiger partial charge in [0.1, 0.15) is 0 Å². The summed E-state index contributed by atoms with van der Waals surface area (Å²) in [7, 11) is 0. The first-order valence-electron chi connectivity index (χ1n) is 4.24. The van der Waals surface area contributed by atoms with Gasteiger partial charge in [0, 0.05) is 4.11 Å². The van der Waals surface area contributed by atoms with Crippen LogP contribution >= 0.6 is 0 Å². The van der Waals surface area contributed by atoms with Crippen molar-refractivity contribution in [1.29, 1.82) is 0 Å². The van der Waals surface area contributed by atoms with E-state index < -0.39 is 37.2 Å². The number of hydrogen-bond donors (Lipinski definition) is 3. The number of aliphatic hydroxyl groups is 1. The van der Waals surface area contributed by atoms with Crippen LogP contribution in [0.15, 0.2) is 0 Å². The number of aliphatic carboxylic acids is 2. The lowest BCUT2D eigenvalue weighted by atomic mass is 9.99. The zero-order chi connectivity index (χ0) is 11.6. The number of carboxylic acid groups (broad SMARTS) is 2. The van der Waals surface area contributed by atoms with Gasteiger partial charge >= 0.3 is 11.9 Å². The van der Waals surface area contributed by atoms with Gasteiger partial charge in [-0.2, -0.15) is 0 Å². The van der Waals surface area contributed by atoms with Gasteiger partial charge in [-0.05, 0) is 6.85 Å². The topological polar surface area (TPSA) is 94.8 Å². The third-order valence-electron chi connectivity index (χ3n) is 0.887. The van der Waals surface area contributed by atoms with Gasteiger partial charge in [-0.3, -0.25) is 9.59 Å². The normalized spacial score (nSPS) is 16.3. The summed E-state index contributed by atoms with van der Waals surface area (Å²) in [5.74, 6) is -3.13. The summed E-state index contributed by atoms with van der Waals surface area (Å²) in [6.45, 7) is -3.04. The van der Waals surface area contributed by atoms with Gasteiger partial charge in [0.2, 0.25) is 0 Å². The molecule has 0 aromatic rings. The molecule has 0 fully saturated rings. The highest BCUT2D eigenvalue weighted by Crippen LogP contribution is 2.13. The first-order chi connectivity index (χ1) is 6.08. The maximum atomic E-state index is 10.2. The van der Waals surface area contributed by atoms with Gasteiger partial charge in [-0.1, -0.05) is 0 Å². The summed E-state index contributed by atoms with van der Waals surface area (Å²) in [5.41, 5.74) is -2.72. The molecule has 5 heteroatoms. The van der Waals surface area contributed by atoms with Gasteiger partial charge in [-0.15, -0.1) is 0 Å². The molecule has 11 heavy (non-hydrogen) atoms. The van der Waals surface area contributed by atoms with Crippen LogP contribution in [-0.4, -0.2) is 32.9 Å². The molecule has 64 valence electrons. The van der Waals surface area contributed by atoms with E-state index in [0.29, 0.717) is 0 Å². The van der Waals surface area contributed by atoms with E-state index in [9.17, 15) is 14.7 Å². The van der Waals surface area contributed by atoms with Crippen molar-refractivity contribution in [3.8, 4) is 0 Å². The molecule has 0 saturated carbocycles. The molecule has 0 aliphatic rings. The average Bonchev–Trinajstić information content (AvgIpc) is 1.78. The van der Waals surface area contributed by atoms with E-state index >= 15 is 0 Å². The zero-order valence-electron chi connectivity index (χ0n) is 8.57. The second kappa shape index (κ2) is 3.34. The minimum absolute atomic E-state index is 1.13. The highest BCUT2D eigenvalue weighted by Gasteiger charge is 2.26. The van der Waals surface area contributed by atoms with Crippen molar-refractivity contribution >= 4 is 11.9 Å². The van der Waals surface area contributed by atoms with Gasteiger partial charge in [0.15, 0.2) is 0 Å². The first kappa shape index (κ1) is 5.54. The molecular formula is C6H10O5. The molecular weight excluding hydrogens is 152 g/mol. The van der Waals surface area contributed by atoms with Crippen molar-refractivity contribution in [3.63, 3.8) is 0 Å². The van der Waals surface area contributed by atoms with Crippen LogP contribution in [0.5, 0.6) is 0 Å². The molecule has 0 bridgehead atoms. The molecule has 0 atom stereocenters. The molecule has 0 amide bonds. The largest absolute Gasteiger partial charge is 0.481 e. The lowest BCUT2D eigenvalue weighted by Gasteiger charge is -2.17. The van der Waals surface area contributed by atoms with Gasteiger partial charge in [0.05, 0.1) is 18.4 Å². The number of carboxylic acids is 2. The van der Waals surface area contributed by atoms with Crippen LogP contribution in [0, 0.1) is 0 Å². The average molecular weight is 165 g/mol. The van der Waals surface area contributed by atoms with E-state index in [1.165, 1.54) is 0 Å². The summed E-state index contributed by atoms with van der Waals surface area (Å²) in [6, 6.07) is 0. The smallest absolute Gasteiger partial charge is 0.306 e. The van der Waals surface area contributed by atoms with Crippen LogP contribution in [0.1, 0.15) is 23.8 Å². The second-order valence-corrected chi connectivity index (χ2v) is 2.17. The Hall–Kier alpha value is -1.10. The Balaban J connectivity index is 4.85. The van der Waals surface area contributed by atoms with E-state index in [2.05, 4.69) is 0 Å². The van der Waals surface area contributed by atoms with Gasteiger partial charge < -0.3 is 15.3 Å². The van der Waals surface area contributed by atoms with Crippen LogP contribution in [0.25, 0.3) is 0 Å². The molecule has 5 nitrogen and oxygen atoms in total. The second-order valence-electron chi connectivity index (χ2n) is 2.17. The number of rotatable bonds is 4. The Morgan fingerprint density at radius 1 is 1.36 bits per heavy atom. The molecule has 0 saturated heterocycles. The molecule has 0 heterocycles. The van der Waals surface area contributed by atoms with Crippen molar-refractivity contribution < 1.29 is 29.0 Å². The molecule has 0 aliphatic heterocycles. The van der Waals surface area contributed by atoms with Gasteiger partial charge in [-0.25, -0.2) is 0 Å². The first-order valence-corrected chi connectivity index (χ1v) is 2.74. The van der Waals surface area contributed by atoms with Crippen molar-refractivity contribution in [1.82, 2.24) is 0 Å². The molecule has 0 rings (SSSR count). The predicted molar refractivity (Wildman–Crippen MR) is 35.1 cm³/mol. The summed E-state index contributed by atoms with van der Waals surface area (Å²) in [5, 5.41) is 26.0. The van der Waals surface area contributed by atoms with Crippen LogP contribution in [0.2, 0.25) is 0 Å². The Morgan fingerprint density at radius 2 is 1.73 bits per heavy atom. The maximum Gasteiger partial charge on any atom is 0.306 e. The molecule has 0 unspecified atom stereocenters. The van der Waals surface area contributed by atoms with Crippen molar-refractivity contribution in [3.05, 3.63) is 0 Å². The van der Waals surface area contributed by atoms with Crippen molar-refractivity contribution in [2.45, 2.75) is 25.3 Å². The van der Waals surface area contributed by atoms with Crippen LogP contribution in [0.3, 0.4) is 0 Å². The molecule has 0 radical (unpaired) electrons. The van der Waals surface area contributed by atoms with Crippen molar-refractivity contribution in [2.24, 2.45) is 0 Å². The fraction of sp³-hybridized carbons (Fsp3) is 0.667. The summed E-state index contributed by atoms with van der Waals surface area (Å²) in [6.07, 6.45) is -2.26. The van der Waals surface area contributed by atoms with Crippen LogP contribution in [-0.2, 0) is 9.59 Å². The van der Waals surface area contributed by atoms with E-state index in [1.807, 2.05) is 0 Å². The highest BCUT2D eigenvalue weighted by molar-refractivity contribution is 5.72. The fourth-order valence-corrected chi connectivity index (χ4v) is 0.563. The van der Waals surface area contributed by atoms with Crippen LogP contribution < -0.4 is 0 Å². The monoisotopic (exact) mass is 165 g/mol. The SMILES string of the molecule is [2H]C([2H])([2H])C(O)(CC(=O)O)CC(=O)O. The summed E-state index contributed by atoms with van der Waals surface area (Å²) < 4.78 is 20.5. The van der Waals surface area contributed by atoms with E-state index in [0.717, 1.165) is 0 Å². The maximum absolute atomic E-state index is 10.2. The quantitative estimate of drug-likeness (QED) is 0.531. The Bertz CT molecular complexity index is 230. The van der Waals surface area contributed by atoms with Gasteiger partial charge in [0.25, 0.3) is 0 Å². The molecule has 0 aliphatic carbocycles. The Labute approximate surface area is 67.5 Å². The molecule has 0 aromatic heterocycles. The molecule has 0 aromatic carbocycles. The van der Waals surface area contributed by atoms with Crippen molar-refractivity contribution in [2.75, 3.05) is 0 Å². The number of hydrogen-bond acceptors (Lipinski definition) is 3. The third kappa shape index (κ3) is 5.35. The van der Waals surface area contributed by atoms with E-state index in [4.69, 9.17) is 14.3 Å². The van der Waals surface area contributed by atoms with E-state index in [-0.39, 0.29) is 0 Å². The third-order valence-corrected chi connectivity index (χ3v) is 0.887. The molecule has 3 N–H and O–H groups in total. The van der Waals surface area contributed by atoms with Crippen LogP contribution in [0.4, 0.5) is 0 Å².